The Kier molecular flexibility index (Phi) is 6.48. The van der Waals surface area contributed by atoms with Gasteiger partial charge < -0.3 is 10.6 Å². The van der Waals surface area contributed by atoms with Crippen molar-refractivity contribution in [2.45, 2.75) is 20.4 Å². The minimum absolute atomic E-state index is 0.250. The molecule has 0 aliphatic heterocycles. The SMILES string of the molecule is CC(C)CNCCNCc1ccc(Cl)cc1F. The van der Waals surface area contributed by atoms with Gasteiger partial charge in [0.2, 0.25) is 0 Å². The van der Waals surface area contributed by atoms with E-state index in [2.05, 4.69) is 24.5 Å². The highest BCUT2D eigenvalue weighted by molar-refractivity contribution is 6.30. The van der Waals surface area contributed by atoms with Crippen molar-refractivity contribution in [1.82, 2.24) is 10.6 Å². The Morgan fingerprint density at radius 2 is 1.94 bits per heavy atom. The first-order valence-corrected chi connectivity index (χ1v) is 6.32. The van der Waals surface area contributed by atoms with Crippen LogP contribution in [0.15, 0.2) is 18.2 Å². The Bertz CT molecular complexity index is 342. The summed E-state index contributed by atoms with van der Waals surface area (Å²) in [4.78, 5) is 0. The molecule has 0 aromatic heterocycles. The standard InChI is InChI=1S/C13H20ClFN2/c1-10(2)8-16-5-6-17-9-11-3-4-12(14)7-13(11)15/h3-4,7,10,16-17H,5-6,8-9H2,1-2H3. The van der Waals surface area contributed by atoms with Gasteiger partial charge in [0.15, 0.2) is 0 Å². The molecule has 0 aliphatic rings. The Hall–Kier alpha value is -0.640. The van der Waals surface area contributed by atoms with Crippen LogP contribution in [0.2, 0.25) is 5.02 Å². The molecule has 0 radical (unpaired) electrons. The van der Waals surface area contributed by atoms with Crippen LogP contribution in [0.25, 0.3) is 0 Å². The number of rotatable bonds is 7. The van der Waals surface area contributed by atoms with Crippen molar-refractivity contribution in [3.63, 3.8) is 0 Å². The second kappa shape index (κ2) is 7.64. The van der Waals surface area contributed by atoms with Crippen molar-refractivity contribution in [3.8, 4) is 0 Å². The van der Waals surface area contributed by atoms with E-state index in [1.807, 2.05) is 0 Å². The van der Waals surface area contributed by atoms with Gasteiger partial charge >= 0.3 is 0 Å². The highest BCUT2D eigenvalue weighted by Crippen LogP contribution is 2.14. The molecule has 0 saturated carbocycles. The molecule has 0 bridgehead atoms. The lowest BCUT2D eigenvalue weighted by Gasteiger charge is -2.09. The zero-order valence-corrected chi connectivity index (χ0v) is 11.1. The van der Waals surface area contributed by atoms with Crippen molar-refractivity contribution in [1.29, 1.82) is 0 Å². The van der Waals surface area contributed by atoms with Gasteiger partial charge in [-0.2, -0.15) is 0 Å². The molecule has 0 aliphatic carbocycles. The third kappa shape index (κ3) is 6.01. The summed E-state index contributed by atoms with van der Waals surface area (Å²) in [6.07, 6.45) is 0. The molecule has 4 heteroatoms. The Balaban J connectivity index is 2.18. The fourth-order valence-electron chi connectivity index (χ4n) is 1.46. The average molecular weight is 259 g/mol. The van der Waals surface area contributed by atoms with Gasteiger partial charge in [-0.05, 0) is 24.6 Å². The molecule has 1 rings (SSSR count). The van der Waals surface area contributed by atoms with Crippen molar-refractivity contribution in [2.75, 3.05) is 19.6 Å². The van der Waals surface area contributed by atoms with E-state index >= 15 is 0 Å². The number of hydrogen-bond donors (Lipinski definition) is 2. The quantitative estimate of drug-likeness (QED) is 0.735. The largest absolute Gasteiger partial charge is 0.315 e. The van der Waals surface area contributed by atoms with Gasteiger partial charge in [0.25, 0.3) is 0 Å². The summed E-state index contributed by atoms with van der Waals surface area (Å²) >= 11 is 5.68. The molecule has 0 unspecified atom stereocenters. The molecule has 0 amide bonds. The topological polar surface area (TPSA) is 24.1 Å². The van der Waals surface area contributed by atoms with Crippen LogP contribution >= 0.6 is 11.6 Å². The minimum Gasteiger partial charge on any atom is -0.315 e. The molecular formula is C13H20ClFN2. The summed E-state index contributed by atoms with van der Waals surface area (Å²) in [6, 6.07) is 4.76. The van der Waals surface area contributed by atoms with E-state index < -0.39 is 0 Å². The van der Waals surface area contributed by atoms with Crippen LogP contribution in [0.5, 0.6) is 0 Å². The zero-order valence-electron chi connectivity index (χ0n) is 10.4. The van der Waals surface area contributed by atoms with Crippen molar-refractivity contribution >= 4 is 11.6 Å². The molecule has 1 aromatic carbocycles. The number of nitrogens with one attached hydrogen (secondary N) is 2. The number of halogens is 2. The van der Waals surface area contributed by atoms with Gasteiger partial charge in [-0.1, -0.05) is 31.5 Å². The molecule has 0 spiro atoms. The lowest BCUT2D eigenvalue weighted by Crippen LogP contribution is -2.29. The summed E-state index contributed by atoms with van der Waals surface area (Å²) < 4.78 is 13.4. The summed E-state index contributed by atoms with van der Waals surface area (Å²) in [7, 11) is 0. The molecule has 96 valence electrons. The van der Waals surface area contributed by atoms with Crippen LogP contribution in [0.1, 0.15) is 19.4 Å². The first-order valence-electron chi connectivity index (χ1n) is 5.95. The molecule has 0 fully saturated rings. The third-order valence-electron chi connectivity index (χ3n) is 2.36. The first-order chi connectivity index (χ1) is 8.09. The van der Waals surface area contributed by atoms with E-state index in [1.54, 1.807) is 12.1 Å². The second-order valence-electron chi connectivity index (χ2n) is 4.51. The maximum atomic E-state index is 13.4. The number of benzene rings is 1. The first kappa shape index (κ1) is 14.4. The van der Waals surface area contributed by atoms with Gasteiger partial charge in [0, 0.05) is 30.2 Å². The van der Waals surface area contributed by atoms with Gasteiger partial charge in [-0.25, -0.2) is 4.39 Å². The van der Waals surface area contributed by atoms with E-state index in [1.165, 1.54) is 6.07 Å². The maximum Gasteiger partial charge on any atom is 0.129 e. The Labute approximate surface area is 108 Å². The lowest BCUT2D eigenvalue weighted by atomic mass is 10.2. The molecule has 0 saturated heterocycles. The summed E-state index contributed by atoms with van der Waals surface area (Å²) in [5.41, 5.74) is 0.651. The van der Waals surface area contributed by atoms with Crippen molar-refractivity contribution < 1.29 is 4.39 Å². The second-order valence-corrected chi connectivity index (χ2v) is 4.95. The third-order valence-corrected chi connectivity index (χ3v) is 2.60. The summed E-state index contributed by atoms with van der Waals surface area (Å²) in [6.45, 7) is 7.61. The van der Waals surface area contributed by atoms with Crippen LogP contribution in [-0.2, 0) is 6.54 Å². The van der Waals surface area contributed by atoms with E-state index in [-0.39, 0.29) is 5.82 Å². The smallest absolute Gasteiger partial charge is 0.129 e. The predicted octanol–water partition coefficient (Wildman–Crippen LogP) is 2.81. The highest BCUT2D eigenvalue weighted by Gasteiger charge is 2.01. The van der Waals surface area contributed by atoms with Gasteiger partial charge in [-0.15, -0.1) is 0 Å². The Morgan fingerprint density at radius 3 is 2.59 bits per heavy atom. The fraction of sp³-hybridized carbons (Fsp3) is 0.538. The highest BCUT2D eigenvalue weighted by atomic mass is 35.5. The normalized spacial score (nSPS) is 11.1. The van der Waals surface area contributed by atoms with Crippen LogP contribution in [0, 0.1) is 11.7 Å². The minimum atomic E-state index is -0.250. The average Bonchev–Trinajstić information content (AvgIpc) is 2.25. The predicted molar refractivity (Wildman–Crippen MR) is 70.8 cm³/mol. The van der Waals surface area contributed by atoms with Crippen molar-refractivity contribution in [3.05, 3.63) is 34.6 Å². The summed E-state index contributed by atoms with van der Waals surface area (Å²) in [5, 5.41) is 6.94. The fourth-order valence-corrected chi connectivity index (χ4v) is 1.61. The van der Waals surface area contributed by atoms with Gasteiger partial charge in [-0.3, -0.25) is 0 Å². The van der Waals surface area contributed by atoms with E-state index in [0.29, 0.717) is 23.0 Å². The molecule has 0 heterocycles. The Morgan fingerprint density at radius 1 is 1.24 bits per heavy atom. The van der Waals surface area contributed by atoms with Gasteiger partial charge in [0.05, 0.1) is 0 Å². The van der Waals surface area contributed by atoms with Crippen LogP contribution in [0.3, 0.4) is 0 Å². The molecular weight excluding hydrogens is 239 g/mol. The summed E-state index contributed by atoms with van der Waals surface area (Å²) in [5.74, 6) is 0.406. The van der Waals surface area contributed by atoms with Crippen LogP contribution < -0.4 is 10.6 Å². The van der Waals surface area contributed by atoms with E-state index in [0.717, 1.165) is 19.6 Å². The monoisotopic (exact) mass is 258 g/mol. The maximum absolute atomic E-state index is 13.4. The van der Waals surface area contributed by atoms with E-state index in [9.17, 15) is 4.39 Å². The van der Waals surface area contributed by atoms with E-state index in [4.69, 9.17) is 11.6 Å². The lowest BCUT2D eigenvalue weighted by molar-refractivity contribution is 0.530. The van der Waals surface area contributed by atoms with Crippen LogP contribution in [0.4, 0.5) is 4.39 Å². The van der Waals surface area contributed by atoms with Gasteiger partial charge in [0.1, 0.15) is 5.82 Å². The molecule has 1 aromatic rings. The van der Waals surface area contributed by atoms with Crippen LogP contribution in [-0.4, -0.2) is 19.6 Å². The molecule has 17 heavy (non-hydrogen) atoms. The zero-order chi connectivity index (χ0) is 12.7. The molecule has 0 atom stereocenters. The molecule has 2 nitrogen and oxygen atoms in total. The van der Waals surface area contributed by atoms with Crippen molar-refractivity contribution in [2.24, 2.45) is 5.92 Å². The molecule has 2 N–H and O–H groups in total. The number of hydrogen-bond acceptors (Lipinski definition) is 2.